The van der Waals surface area contributed by atoms with Crippen LogP contribution in [0.15, 0.2) is 47.6 Å². The normalized spacial score (nSPS) is 10.9. The van der Waals surface area contributed by atoms with Gasteiger partial charge in [-0.15, -0.1) is 0 Å². The first-order valence-electron chi connectivity index (χ1n) is 7.26. The van der Waals surface area contributed by atoms with Gasteiger partial charge in [-0.2, -0.15) is 0 Å². The number of aliphatic hydroxyl groups is 1. The van der Waals surface area contributed by atoms with Crippen LogP contribution in [-0.2, 0) is 11.3 Å². The average Bonchev–Trinajstić information content (AvgIpc) is 2.55. The summed E-state index contributed by atoms with van der Waals surface area (Å²) < 4.78 is 0. The first-order chi connectivity index (χ1) is 11.2. The molecule has 0 amide bonds. The highest BCUT2D eigenvalue weighted by molar-refractivity contribution is 6.39. The van der Waals surface area contributed by atoms with E-state index in [4.69, 9.17) is 33.1 Å². The predicted octanol–water partition coefficient (Wildman–Crippen LogP) is 4.66. The molecule has 2 N–H and O–H groups in total. The van der Waals surface area contributed by atoms with Gasteiger partial charge in [0.25, 0.3) is 0 Å². The molecule has 0 heterocycles. The highest BCUT2D eigenvalue weighted by Gasteiger charge is 2.07. The first-order valence-corrected chi connectivity index (χ1v) is 8.01. The Kier molecular flexibility index (Phi) is 7.20. The van der Waals surface area contributed by atoms with E-state index in [9.17, 15) is 0 Å². The monoisotopic (exact) mass is 352 g/mol. The average molecular weight is 353 g/mol. The second-order valence-corrected chi connectivity index (χ2v) is 5.60. The zero-order valence-corrected chi connectivity index (χ0v) is 14.0. The van der Waals surface area contributed by atoms with Gasteiger partial charge in [0.05, 0.1) is 15.7 Å². The van der Waals surface area contributed by atoms with E-state index in [0.29, 0.717) is 35.2 Å². The van der Waals surface area contributed by atoms with Gasteiger partial charge in [0.2, 0.25) is 0 Å². The minimum absolute atomic E-state index is 0.0981. The van der Waals surface area contributed by atoms with E-state index < -0.39 is 0 Å². The number of para-hydroxylation sites is 2. The first kappa shape index (κ1) is 17.6. The molecule has 2 aromatic rings. The number of benzene rings is 2. The van der Waals surface area contributed by atoms with Gasteiger partial charge in [0.15, 0.2) is 0 Å². The maximum atomic E-state index is 8.66. The van der Waals surface area contributed by atoms with Gasteiger partial charge in [-0.3, -0.25) is 0 Å². The van der Waals surface area contributed by atoms with Gasteiger partial charge in [-0.1, -0.05) is 52.6 Å². The van der Waals surface area contributed by atoms with Crippen LogP contribution < -0.4 is 5.32 Å². The molecule has 122 valence electrons. The Morgan fingerprint density at radius 2 is 1.83 bits per heavy atom. The molecule has 0 unspecified atom stereocenters. The summed E-state index contributed by atoms with van der Waals surface area (Å²) >= 11 is 12.4. The van der Waals surface area contributed by atoms with Crippen LogP contribution in [0.25, 0.3) is 0 Å². The summed E-state index contributed by atoms with van der Waals surface area (Å²) in [5, 5.41) is 16.9. The molecule has 0 aliphatic carbocycles. The van der Waals surface area contributed by atoms with Crippen LogP contribution >= 0.6 is 23.2 Å². The highest BCUT2D eigenvalue weighted by Crippen LogP contribution is 2.33. The van der Waals surface area contributed by atoms with Gasteiger partial charge in [0, 0.05) is 31.4 Å². The molecular formula is C17H18Cl2N2O2. The van der Waals surface area contributed by atoms with Crippen molar-refractivity contribution in [3.05, 3.63) is 58.1 Å². The number of hydrogen-bond acceptors (Lipinski definition) is 4. The minimum atomic E-state index is 0.0981. The quantitative estimate of drug-likeness (QED) is 0.412. The fourth-order valence-corrected chi connectivity index (χ4v) is 2.43. The molecule has 0 radical (unpaired) electrons. The molecule has 0 saturated carbocycles. The van der Waals surface area contributed by atoms with Crippen molar-refractivity contribution >= 4 is 40.8 Å². The van der Waals surface area contributed by atoms with E-state index in [-0.39, 0.29) is 6.61 Å². The van der Waals surface area contributed by atoms with Crippen LogP contribution in [0.4, 0.5) is 11.4 Å². The molecule has 6 heteroatoms. The third kappa shape index (κ3) is 5.43. The van der Waals surface area contributed by atoms with Crippen molar-refractivity contribution in [3.63, 3.8) is 0 Å². The second-order valence-electron chi connectivity index (χ2n) is 4.78. The summed E-state index contributed by atoms with van der Waals surface area (Å²) in [4.78, 5) is 5.04. The number of halogens is 2. The molecule has 0 aromatic heterocycles. The summed E-state index contributed by atoms with van der Waals surface area (Å²) in [7, 11) is 0. The standard InChI is InChI=1S/C17H18Cl2N2O2/c18-14-6-3-7-15(19)17(14)21-16-8-2-1-5-13(16)9-10-20-23-12-4-11-22/h1-3,5-8,10,21-22H,4,9,11-12H2. The molecule has 0 aliphatic rings. The molecule has 0 fully saturated rings. The number of oxime groups is 1. The van der Waals surface area contributed by atoms with E-state index in [2.05, 4.69) is 10.5 Å². The topological polar surface area (TPSA) is 53.9 Å². The Hall–Kier alpha value is -1.75. The predicted molar refractivity (Wildman–Crippen MR) is 96.0 cm³/mol. The van der Waals surface area contributed by atoms with E-state index in [1.807, 2.05) is 24.3 Å². The van der Waals surface area contributed by atoms with Crippen molar-refractivity contribution in [1.82, 2.24) is 0 Å². The van der Waals surface area contributed by atoms with Crippen molar-refractivity contribution in [3.8, 4) is 0 Å². The van der Waals surface area contributed by atoms with Gasteiger partial charge in [-0.25, -0.2) is 0 Å². The third-order valence-corrected chi connectivity index (χ3v) is 3.72. The molecule has 0 aliphatic heterocycles. The van der Waals surface area contributed by atoms with E-state index in [0.717, 1.165) is 11.3 Å². The number of nitrogens with one attached hydrogen (secondary N) is 1. The van der Waals surface area contributed by atoms with Gasteiger partial charge in [0.1, 0.15) is 6.61 Å². The van der Waals surface area contributed by atoms with Crippen molar-refractivity contribution in [2.75, 3.05) is 18.5 Å². The highest BCUT2D eigenvalue weighted by atomic mass is 35.5. The molecule has 2 aromatic carbocycles. The number of rotatable bonds is 8. The van der Waals surface area contributed by atoms with Crippen LogP contribution in [0.1, 0.15) is 12.0 Å². The number of hydrogen-bond donors (Lipinski definition) is 2. The van der Waals surface area contributed by atoms with Crippen LogP contribution in [0.3, 0.4) is 0 Å². The van der Waals surface area contributed by atoms with Crippen molar-refractivity contribution in [2.24, 2.45) is 5.16 Å². The third-order valence-electron chi connectivity index (χ3n) is 3.09. The lowest BCUT2D eigenvalue weighted by molar-refractivity contribution is 0.125. The van der Waals surface area contributed by atoms with Crippen molar-refractivity contribution in [2.45, 2.75) is 12.8 Å². The van der Waals surface area contributed by atoms with Crippen molar-refractivity contribution in [1.29, 1.82) is 0 Å². The van der Waals surface area contributed by atoms with E-state index >= 15 is 0 Å². The van der Waals surface area contributed by atoms with Crippen LogP contribution in [0.5, 0.6) is 0 Å². The summed E-state index contributed by atoms with van der Waals surface area (Å²) in [6, 6.07) is 13.2. The number of anilines is 2. The van der Waals surface area contributed by atoms with Crippen LogP contribution in [0, 0.1) is 0 Å². The summed E-state index contributed by atoms with van der Waals surface area (Å²) in [5.74, 6) is 0. The van der Waals surface area contributed by atoms with E-state index in [1.165, 1.54) is 0 Å². The molecular weight excluding hydrogens is 335 g/mol. The van der Waals surface area contributed by atoms with Crippen LogP contribution in [-0.4, -0.2) is 24.5 Å². The molecule has 0 saturated heterocycles. The lowest BCUT2D eigenvalue weighted by Gasteiger charge is -2.13. The van der Waals surface area contributed by atoms with E-state index in [1.54, 1.807) is 24.4 Å². The molecule has 0 bridgehead atoms. The van der Waals surface area contributed by atoms with Crippen LogP contribution in [0.2, 0.25) is 10.0 Å². The zero-order valence-electron chi connectivity index (χ0n) is 12.5. The van der Waals surface area contributed by atoms with Crippen molar-refractivity contribution < 1.29 is 9.94 Å². The maximum absolute atomic E-state index is 8.66. The fourth-order valence-electron chi connectivity index (χ4n) is 1.94. The minimum Gasteiger partial charge on any atom is -0.396 e. The van der Waals surface area contributed by atoms with Gasteiger partial charge in [-0.05, 0) is 23.8 Å². The molecule has 0 spiro atoms. The number of aliphatic hydroxyl groups excluding tert-OH is 1. The smallest absolute Gasteiger partial charge is 0.119 e. The second kappa shape index (κ2) is 9.40. The van der Waals surface area contributed by atoms with Gasteiger partial charge >= 0.3 is 0 Å². The lowest BCUT2D eigenvalue weighted by atomic mass is 10.1. The fraction of sp³-hybridized carbons (Fsp3) is 0.235. The Morgan fingerprint density at radius 1 is 1.09 bits per heavy atom. The van der Waals surface area contributed by atoms with Gasteiger partial charge < -0.3 is 15.3 Å². The summed E-state index contributed by atoms with van der Waals surface area (Å²) in [5.41, 5.74) is 2.63. The SMILES string of the molecule is OCCCON=CCc1ccccc1Nc1c(Cl)cccc1Cl. The summed E-state index contributed by atoms with van der Waals surface area (Å²) in [6.07, 6.45) is 2.86. The Bertz CT molecular complexity index is 643. The number of nitrogens with zero attached hydrogens (tertiary/aromatic N) is 1. The maximum Gasteiger partial charge on any atom is 0.119 e. The molecule has 23 heavy (non-hydrogen) atoms. The lowest BCUT2D eigenvalue weighted by Crippen LogP contribution is -1.98. The summed E-state index contributed by atoms with van der Waals surface area (Å²) in [6.45, 7) is 0.503. The Labute approximate surface area is 145 Å². The molecule has 2 rings (SSSR count). The Morgan fingerprint density at radius 3 is 2.57 bits per heavy atom. The zero-order chi connectivity index (χ0) is 16.5. The molecule has 0 atom stereocenters. The molecule has 4 nitrogen and oxygen atoms in total. The largest absolute Gasteiger partial charge is 0.396 e. The Balaban J connectivity index is 2.06.